The Hall–Kier alpha value is -0.500. The van der Waals surface area contributed by atoms with Crippen molar-refractivity contribution in [1.82, 2.24) is 0 Å². The lowest BCUT2D eigenvalue weighted by molar-refractivity contribution is 0.280. The van der Waals surface area contributed by atoms with Crippen LogP contribution in [0.1, 0.15) is 6.92 Å². The van der Waals surface area contributed by atoms with Gasteiger partial charge in [0, 0.05) is 12.9 Å². The molecule has 0 saturated carbocycles. The van der Waals surface area contributed by atoms with Crippen LogP contribution in [0.2, 0.25) is 0 Å². The van der Waals surface area contributed by atoms with Crippen LogP contribution in [0.15, 0.2) is 29.4 Å². The molecule has 0 aliphatic rings. The van der Waals surface area contributed by atoms with Crippen molar-refractivity contribution in [3.8, 4) is 0 Å². The summed E-state index contributed by atoms with van der Waals surface area (Å²) < 4.78 is 10.7. The van der Waals surface area contributed by atoms with E-state index in [-0.39, 0.29) is 0 Å². The predicted octanol–water partition coefficient (Wildman–Crippen LogP) is 2.75. The maximum atomic E-state index is 5.40. The number of nitrogens with zero attached hydrogens (tertiary/aromatic N) is 1. The smallest absolute Gasteiger partial charge is 0.167 e. The van der Waals surface area contributed by atoms with Gasteiger partial charge in [0.2, 0.25) is 0 Å². The van der Waals surface area contributed by atoms with Gasteiger partial charge in [0.1, 0.15) is 0 Å². The third-order valence-corrected chi connectivity index (χ3v) is 2.36. The molecule has 0 aliphatic heterocycles. The lowest BCUT2D eigenvalue weighted by atomic mass is 10.3. The molecule has 1 unspecified atom stereocenters. The summed E-state index contributed by atoms with van der Waals surface area (Å²) in [4.78, 5) is 3.63. The fourth-order valence-corrected chi connectivity index (χ4v) is 1.42. The molecule has 13 heavy (non-hydrogen) atoms. The van der Waals surface area contributed by atoms with Gasteiger partial charge in [-0.2, -0.15) is 0 Å². The Balaban J connectivity index is 3.77. The maximum absolute atomic E-state index is 5.40. The molecule has 0 aromatic rings. The van der Waals surface area contributed by atoms with E-state index < -0.39 is 8.38 Å². The summed E-state index contributed by atoms with van der Waals surface area (Å²) in [7, 11) is -0.780. The molecule has 0 fully saturated rings. The zero-order chi connectivity index (χ0) is 10.1. The average molecular weight is 201 g/mol. The van der Waals surface area contributed by atoms with Crippen molar-refractivity contribution in [2.75, 3.05) is 19.9 Å². The van der Waals surface area contributed by atoms with E-state index in [2.05, 4.69) is 18.3 Å². The fourth-order valence-electron chi connectivity index (χ4n) is 0.651. The highest BCUT2D eigenvalue weighted by atomic mass is 31.2. The molecule has 0 amide bonds. The maximum Gasteiger partial charge on any atom is 0.167 e. The van der Waals surface area contributed by atoms with Gasteiger partial charge in [-0.05, 0) is 19.2 Å². The Labute approximate surface area is 81.1 Å². The van der Waals surface area contributed by atoms with E-state index in [4.69, 9.17) is 9.05 Å². The lowest BCUT2D eigenvalue weighted by Crippen LogP contribution is -1.94. The lowest BCUT2D eigenvalue weighted by Gasteiger charge is -2.11. The van der Waals surface area contributed by atoms with Gasteiger partial charge in [-0.3, -0.25) is 4.99 Å². The monoisotopic (exact) mass is 201 g/mol. The molecule has 74 valence electrons. The normalized spacial score (nSPS) is 13.8. The molecule has 0 aromatic heterocycles. The Morgan fingerprint density at radius 3 is 2.69 bits per heavy atom. The first-order valence-corrected chi connectivity index (χ1v) is 5.64. The van der Waals surface area contributed by atoms with Crippen LogP contribution in [0.25, 0.3) is 0 Å². The van der Waals surface area contributed by atoms with Gasteiger partial charge in [-0.15, -0.1) is 0 Å². The van der Waals surface area contributed by atoms with Gasteiger partial charge < -0.3 is 9.05 Å². The molecular weight excluding hydrogens is 185 g/mol. The molecule has 0 aromatic carbocycles. The van der Waals surface area contributed by atoms with Crippen molar-refractivity contribution in [2.24, 2.45) is 4.99 Å². The molecule has 0 radical (unpaired) electrons. The quantitative estimate of drug-likeness (QED) is 0.360. The Morgan fingerprint density at radius 2 is 2.23 bits per heavy atom. The Bertz CT molecular complexity index is 192. The summed E-state index contributed by atoms with van der Waals surface area (Å²) in [6.45, 7) is 12.0. The average Bonchev–Trinajstić information content (AvgIpc) is 2.12. The van der Waals surface area contributed by atoms with Crippen LogP contribution in [0.5, 0.6) is 0 Å². The summed E-state index contributed by atoms with van der Waals surface area (Å²) in [5, 5.41) is 0. The highest BCUT2D eigenvalue weighted by Crippen LogP contribution is 2.33. The van der Waals surface area contributed by atoms with Crippen molar-refractivity contribution in [1.29, 1.82) is 0 Å². The zero-order valence-corrected chi connectivity index (χ0v) is 9.09. The van der Waals surface area contributed by atoms with Crippen LogP contribution in [-0.4, -0.2) is 26.6 Å². The molecule has 0 saturated heterocycles. The van der Waals surface area contributed by atoms with E-state index in [1.54, 1.807) is 12.3 Å². The molecular formula is C9H16NO2P. The third kappa shape index (κ3) is 6.64. The predicted molar refractivity (Wildman–Crippen MR) is 58.3 cm³/mol. The van der Waals surface area contributed by atoms with Crippen LogP contribution >= 0.6 is 8.38 Å². The van der Waals surface area contributed by atoms with Gasteiger partial charge in [-0.1, -0.05) is 12.7 Å². The van der Waals surface area contributed by atoms with Crippen molar-refractivity contribution < 1.29 is 9.05 Å². The van der Waals surface area contributed by atoms with Crippen LogP contribution in [0, 0.1) is 0 Å². The SMILES string of the molecule is C=C/C(=C\N=C)COP(C)OCC. The van der Waals surface area contributed by atoms with Crippen LogP contribution in [0.3, 0.4) is 0 Å². The molecule has 3 nitrogen and oxygen atoms in total. The highest BCUT2D eigenvalue weighted by Gasteiger charge is 2.01. The molecule has 0 aliphatic carbocycles. The van der Waals surface area contributed by atoms with Crippen molar-refractivity contribution in [3.05, 3.63) is 24.4 Å². The fraction of sp³-hybridized carbons (Fsp3) is 0.444. The van der Waals surface area contributed by atoms with E-state index in [9.17, 15) is 0 Å². The number of hydrogen-bond donors (Lipinski definition) is 0. The van der Waals surface area contributed by atoms with Gasteiger partial charge >= 0.3 is 0 Å². The minimum Gasteiger partial charge on any atom is -0.335 e. The second kappa shape index (κ2) is 8.11. The first kappa shape index (κ1) is 12.5. The van der Waals surface area contributed by atoms with E-state index in [1.807, 2.05) is 13.6 Å². The van der Waals surface area contributed by atoms with Gasteiger partial charge in [0.05, 0.1) is 13.2 Å². The summed E-state index contributed by atoms with van der Waals surface area (Å²) >= 11 is 0. The summed E-state index contributed by atoms with van der Waals surface area (Å²) in [5.74, 6) is 0. The summed E-state index contributed by atoms with van der Waals surface area (Å²) in [6, 6.07) is 0. The van der Waals surface area contributed by atoms with Gasteiger partial charge in [0.25, 0.3) is 0 Å². The molecule has 0 rings (SSSR count). The zero-order valence-electron chi connectivity index (χ0n) is 8.19. The Kier molecular flexibility index (Phi) is 7.80. The van der Waals surface area contributed by atoms with Gasteiger partial charge in [0.15, 0.2) is 8.38 Å². The molecule has 0 heterocycles. The van der Waals surface area contributed by atoms with Crippen molar-refractivity contribution in [2.45, 2.75) is 6.92 Å². The second-order valence-electron chi connectivity index (χ2n) is 2.22. The third-order valence-electron chi connectivity index (χ3n) is 1.24. The summed E-state index contributed by atoms with van der Waals surface area (Å²) in [5.41, 5.74) is 0.907. The van der Waals surface area contributed by atoms with Crippen LogP contribution < -0.4 is 0 Å². The van der Waals surface area contributed by atoms with E-state index in [0.717, 1.165) is 5.57 Å². The molecule has 0 spiro atoms. The van der Waals surface area contributed by atoms with Gasteiger partial charge in [-0.25, -0.2) is 0 Å². The van der Waals surface area contributed by atoms with Crippen molar-refractivity contribution in [3.63, 3.8) is 0 Å². The van der Waals surface area contributed by atoms with Crippen LogP contribution in [0.4, 0.5) is 0 Å². The first-order valence-electron chi connectivity index (χ1n) is 4.01. The number of hydrogen-bond acceptors (Lipinski definition) is 3. The standard InChI is InChI=1S/C9H16NO2P/c1-5-9(7-10-3)8-12-13(4)11-6-2/h5,7H,1,3,6,8H2,2,4H3/b9-7+. The topological polar surface area (TPSA) is 30.8 Å². The minimum atomic E-state index is -0.780. The Morgan fingerprint density at radius 1 is 1.54 bits per heavy atom. The minimum absolute atomic E-state index is 0.477. The van der Waals surface area contributed by atoms with Crippen LogP contribution in [-0.2, 0) is 9.05 Å². The van der Waals surface area contributed by atoms with E-state index in [0.29, 0.717) is 13.2 Å². The second-order valence-corrected chi connectivity index (χ2v) is 3.62. The summed E-state index contributed by atoms with van der Waals surface area (Å²) in [6.07, 6.45) is 3.33. The number of rotatable bonds is 7. The first-order chi connectivity index (χ1) is 6.24. The number of aliphatic imine (C=N–C) groups is 1. The van der Waals surface area contributed by atoms with E-state index in [1.165, 1.54) is 0 Å². The highest BCUT2D eigenvalue weighted by molar-refractivity contribution is 7.46. The molecule has 0 bridgehead atoms. The van der Waals surface area contributed by atoms with Crippen molar-refractivity contribution >= 4 is 15.1 Å². The molecule has 4 heteroatoms. The molecule has 0 N–H and O–H groups in total. The van der Waals surface area contributed by atoms with E-state index >= 15 is 0 Å². The molecule has 1 atom stereocenters. The largest absolute Gasteiger partial charge is 0.335 e.